The zero-order valence-corrected chi connectivity index (χ0v) is 13.8. The fourth-order valence-electron chi connectivity index (χ4n) is 2.48. The molecule has 1 atom stereocenters. The summed E-state index contributed by atoms with van der Waals surface area (Å²) in [4.78, 5) is 24.4. The molecule has 0 saturated heterocycles. The summed E-state index contributed by atoms with van der Waals surface area (Å²) in [6.07, 6.45) is 0. The number of para-hydroxylation sites is 1. The number of H-pyrrole nitrogens is 1. The summed E-state index contributed by atoms with van der Waals surface area (Å²) >= 11 is 1.81. The van der Waals surface area contributed by atoms with E-state index in [1.165, 1.54) is 9.75 Å². The number of aryl methyl sites for hydroxylation is 1. The molecular formula is C17H19N3OS. The fourth-order valence-corrected chi connectivity index (χ4v) is 3.47. The van der Waals surface area contributed by atoms with E-state index in [0.717, 1.165) is 5.52 Å². The highest BCUT2D eigenvalue weighted by atomic mass is 32.1. The molecule has 114 valence electrons. The van der Waals surface area contributed by atoms with E-state index in [1.807, 2.05) is 18.2 Å². The standard InChI is InChI=1S/C17H19N3OS/c1-11-8-9-15(22-11)12(2)20(3)10-16-18-14-7-5-4-6-13(14)17(21)19-16/h4-9,12H,10H2,1-3H3,(H,18,19,21)/t12-/m0/s1. The Morgan fingerprint density at radius 2 is 2.05 bits per heavy atom. The Morgan fingerprint density at radius 1 is 1.27 bits per heavy atom. The Morgan fingerprint density at radius 3 is 2.77 bits per heavy atom. The molecule has 1 aromatic carbocycles. The Balaban J connectivity index is 1.84. The number of benzene rings is 1. The molecule has 2 aromatic heterocycles. The van der Waals surface area contributed by atoms with Crippen molar-refractivity contribution in [1.82, 2.24) is 14.9 Å². The second-order valence-electron chi connectivity index (χ2n) is 5.57. The van der Waals surface area contributed by atoms with E-state index in [2.05, 4.69) is 47.9 Å². The number of hydrogen-bond donors (Lipinski definition) is 1. The van der Waals surface area contributed by atoms with Crippen LogP contribution >= 0.6 is 11.3 Å². The van der Waals surface area contributed by atoms with Crippen molar-refractivity contribution in [1.29, 1.82) is 0 Å². The minimum absolute atomic E-state index is 0.0754. The van der Waals surface area contributed by atoms with E-state index in [4.69, 9.17) is 0 Å². The second kappa shape index (κ2) is 6.02. The topological polar surface area (TPSA) is 49.0 Å². The normalized spacial score (nSPS) is 12.9. The fraction of sp³-hybridized carbons (Fsp3) is 0.294. The maximum Gasteiger partial charge on any atom is 0.258 e. The molecule has 1 N–H and O–H groups in total. The van der Waals surface area contributed by atoms with Crippen molar-refractivity contribution in [3.63, 3.8) is 0 Å². The molecule has 0 bridgehead atoms. The molecule has 0 unspecified atom stereocenters. The van der Waals surface area contributed by atoms with Crippen LogP contribution in [0.1, 0.15) is 28.5 Å². The lowest BCUT2D eigenvalue weighted by Crippen LogP contribution is -2.24. The van der Waals surface area contributed by atoms with Gasteiger partial charge >= 0.3 is 0 Å². The molecule has 0 fully saturated rings. The number of rotatable bonds is 4. The molecule has 2 heterocycles. The highest BCUT2D eigenvalue weighted by molar-refractivity contribution is 7.12. The van der Waals surface area contributed by atoms with Crippen LogP contribution < -0.4 is 5.56 Å². The smallest absolute Gasteiger partial charge is 0.258 e. The van der Waals surface area contributed by atoms with Crippen LogP contribution in [-0.2, 0) is 6.54 Å². The van der Waals surface area contributed by atoms with Crippen molar-refractivity contribution < 1.29 is 0 Å². The lowest BCUT2D eigenvalue weighted by atomic mass is 10.2. The zero-order chi connectivity index (χ0) is 15.7. The molecule has 5 heteroatoms. The number of nitrogens with zero attached hydrogens (tertiary/aromatic N) is 2. The molecule has 0 spiro atoms. The minimum atomic E-state index is -0.0754. The average molecular weight is 313 g/mol. The molecule has 4 nitrogen and oxygen atoms in total. The third-order valence-corrected chi connectivity index (χ3v) is 5.07. The van der Waals surface area contributed by atoms with E-state index < -0.39 is 0 Å². The van der Waals surface area contributed by atoms with Gasteiger partial charge in [0.1, 0.15) is 5.82 Å². The van der Waals surface area contributed by atoms with Crippen molar-refractivity contribution in [3.8, 4) is 0 Å². The third-order valence-electron chi connectivity index (χ3n) is 3.90. The van der Waals surface area contributed by atoms with Gasteiger partial charge in [0.15, 0.2) is 0 Å². The monoisotopic (exact) mass is 313 g/mol. The summed E-state index contributed by atoms with van der Waals surface area (Å²) < 4.78 is 0. The summed E-state index contributed by atoms with van der Waals surface area (Å²) in [6, 6.07) is 12.0. The van der Waals surface area contributed by atoms with Gasteiger partial charge in [-0.3, -0.25) is 9.69 Å². The van der Waals surface area contributed by atoms with Crippen LogP contribution in [-0.4, -0.2) is 21.9 Å². The molecule has 0 aliphatic carbocycles. The largest absolute Gasteiger partial charge is 0.309 e. The summed E-state index contributed by atoms with van der Waals surface area (Å²) in [5.74, 6) is 0.700. The van der Waals surface area contributed by atoms with Gasteiger partial charge in [-0.2, -0.15) is 0 Å². The predicted molar refractivity (Wildman–Crippen MR) is 91.3 cm³/mol. The highest BCUT2D eigenvalue weighted by Gasteiger charge is 2.15. The highest BCUT2D eigenvalue weighted by Crippen LogP contribution is 2.26. The lowest BCUT2D eigenvalue weighted by Gasteiger charge is -2.23. The first-order valence-corrected chi connectivity index (χ1v) is 8.11. The van der Waals surface area contributed by atoms with Crippen LogP contribution in [0.5, 0.6) is 0 Å². The first-order valence-electron chi connectivity index (χ1n) is 7.29. The maximum atomic E-state index is 12.1. The third kappa shape index (κ3) is 2.96. The van der Waals surface area contributed by atoms with Crippen LogP contribution in [0.2, 0.25) is 0 Å². The summed E-state index contributed by atoms with van der Waals surface area (Å²) in [5, 5.41) is 0.635. The predicted octanol–water partition coefficient (Wildman–Crippen LogP) is 3.49. The van der Waals surface area contributed by atoms with Gasteiger partial charge in [-0.05, 0) is 45.2 Å². The molecule has 0 amide bonds. The first kappa shape index (κ1) is 14.9. The summed E-state index contributed by atoms with van der Waals surface area (Å²) in [6.45, 7) is 4.89. The quantitative estimate of drug-likeness (QED) is 0.802. The van der Waals surface area contributed by atoms with E-state index in [1.54, 1.807) is 17.4 Å². The van der Waals surface area contributed by atoms with Gasteiger partial charge in [0, 0.05) is 15.8 Å². The number of fused-ring (bicyclic) bond motifs is 1. The van der Waals surface area contributed by atoms with E-state index >= 15 is 0 Å². The molecule has 0 radical (unpaired) electrons. The van der Waals surface area contributed by atoms with Crippen molar-refractivity contribution >= 4 is 22.2 Å². The van der Waals surface area contributed by atoms with E-state index in [0.29, 0.717) is 17.8 Å². The van der Waals surface area contributed by atoms with Crippen molar-refractivity contribution in [2.45, 2.75) is 26.4 Å². The molecule has 0 aliphatic heterocycles. The summed E-state index contributed by atoms with van der Waals surface area (Å²) in [7, 11) is 2.05. The minimum Gasteiger partial charge on any atom is -0.309 e. The average Bonchev–Trinajstić information content (AvgIpc) is 2.93. The van der Waals surface area contributed by atoms with Gasteiger partial charge in [-0.1, -0.05) is 12.1 Å². The molecule has 0 saturated carbocycles. The van der Waals surface area contributed by atoms with E-state index in [9.17, 15) is 4.79 Å². The van der Waals surface area contributed by atoms with Gasteiger partial charge < -0.3 is 4.98 Å². The van der Waals surface area contributed by atoms with Crippen LogP contribution in [0.4, 0.5) is 0 Å². The SMILES string of the molecule is Cc1ccc([C@H](C)N(C)Cc2nc3ccccc3c(=O)[nH]2)s1. The molecule has 0 aliphatic rings. The van der Waals surface area contributed by atoms with Crippen LogP contribution in [0.15, 0.2) is 41.2 Å². The summed E-state index contributed by atoms with van der Waals surface area (Å²) in [5.41, 5.74) is 0.669. The van der Waals surface area contributed by atoms with Crippen molar-refractivity contribution in [2.75, 3.05) is 7.05 Å². The van der Waals surface area contributed by atoms with Gasteiger partial charge in [-0.15, -0.1) is 11.3 Å². The number of thiophene rings is 1. The van der Waals surface area contributed by atoms with Crippen LogP contribution in [0, 0.1) is 6.92 Å². The van der Waals surface area contributed by atoms with E-state index in [-0.39, 0.29) is 11.6 Å². The van der Waals surface area contributed by atoms with Gasteiger partial charge in [-0.25, -0.2) is 4.98 Å². The molecule has 3 rings (SSSR count). The van der Waals surface area contributed by atoms with Crippen LogP contribution in [0.25, 0.3) is 10.9 Å². The Kier molecular flexibility index (Phi) is 4.09. The second-order valence-corrected chi connectivity index (χ2v) is 6.89. The Labute approximate surface area is 133 Å². The van der Waals surface area contributed by atoms with Gasteiger partial charge in [0.2, 0.25) is 0 Å². The van der Waals surface area contributed by atoms with Crippen LogP contribution in [0.3, 0.4) is 0 Å². The van der Waals surface area contributed by atoms with Gasteiger partial charge in [0.05, 0.1) is 17.4 Å². The zero-order valence-electron chi connectivity index (χ0n) is 13.0. The molecule has 3 aromatic rings. The maximum absolute atomic E-state index is 12.1. The first-order chi connectivity index (χ1) is 10.5. The number of aromatic amines is 1. The number of aromatic nitrogens is 2. The van der Waals surface area contributed by atoms with Gasteiger partial charge in [0.25, 0.3) is 5.56 Å². The number of hydrogen-bond acceptors (Lipinski definition) is 4. The molecular weight excluding hydrogens is 294 g/mol. The Bertz CT molecular complexity index is 852. The van der Waals surface area contributed by atoms with Crippen molar-refractivity contribution in [3.05, 3.63) is 62.3 Å². The lowest BCUT2D eigenvalue weighted by molar-refractivity contribution is 0.250. The van der Waals surface area contributed by atoms with Crippen molar-refractivity contribution in [2.24, 2.45) is 0 Å². The number of nitrogens with one attached hydrogen (secondary N) is 1. The Hall–Kier alpha value is -1.98. The molecule has 22 heavy (non-hydrogen) atoms.